The van der Waals surface area contributed by atoms with Crippen molar-refractivity contribution in [1.82, 2.24) is 4.98 Å². The largest absolute Gasteiger partial charge is 0.476 e. The van der Waals surface area contributed by atoms with Gasteiger partial charge in [0.25, 0.3) is 0 Å². The standard InChI is InChI=1S/C11H12Br2N2O4/c1-11(2,3)19-10(18)15-7-5(12)4-6(13)14-8(7)9(16)17/h4H,1-3H3,(H,15,18)(H,16,17). The van der Waals surface area contributed by atoms with Crippen LogP contribution in [0.1, 0.15) is 31.3 Å². The van der Waals surface area contributed by atoms with Crippen molar-refractivity contribution in [2.75, 3.05) is 5.32 Å². The minimum Gasteiger partial charge on any atom is -0.476 e. The third kappa shape index (κ3) is 4.79. The number of anilines is 1. The van der Waals surface area contributed by atoms with Gasteiger partial charge < -0.3 is 9.84 Å². The van der Waals surface area contributed by atoms with Gasteiger partial charge in [-0.2, -0.15) is 0 Å². The van der Waals surface area contributed by atoms with Crippen LogP contribution in [0.4, 0.5) is 10.5 Å². The predicted molar refractivity (Wildman–Crippen MR) is 76.5 cm³/mol. The fourth-order valence-electron chi connectivity index (χ4n) is 1.16. The first-order valence-electron chi connectivity index (χ1n) is 5.19. The number of carbonyl (C=O) groups is 2. The van der Waals surface area contributed by atoms with Crippen LogP contribution in [0.15, 0.2) is 15.1 Å². The van der Waals surface area contributed by atoms with Gasteiger partial charge in [-0.3, -0.25) is 5.32 Å². The van der Waals surface area contributed by atoms with Crippen molar-refractivity contribution in [3.63, 3.8) is 0 Å². The molecule has 1 aromatic rings. The van der Waals surface area contributed by atoms with E-state index in [9.17, 15) is 9.59 Å². The maximum Gasteiger partial charge on any atom is 0.412 e. The Hall–Kier alpha value is -1.15. The summed E-state index contributed by atoms with van der Waals surface area (Å²) in [6.45, 7) is 5.12. The topological polar surface area (TPSA) is 88.5 Å². The summed E-state index contributed by atoms with van der Waals surface area (Å²) in [7, 11) is 0. The molecule has 0 aromatic carbocycles. The minimum atomic E-state index is -1.26. The van der Waals surface area contributed by atoms with Gasteiger partial charge in [0.1, 0.15) is 10.2 Å². The summed E-state index contributed by atoms with van der Waals surface area (Å²) >= 11 is 6.25. The Morgan fingerprint density at radius 1 is 1.37 bits per heavy atom. The number of ether oxygens (including phenoxy) is 1. The summed E-state index contributed by atoms with van der Waals surface area (Å²) in [4.78, 5) is 26.5. The van der Waals surface area contributed by atoms with E-state index >= 15 is 0 Å². The smallest absolute Gasteiger partial charge is 0.412 e. The molecule has 19 heavy (non-hydrogen) atoms. The van der Waals surface area contributed by atoms with Crippen LogP contribution in [-0.4, -0.2) is 27.8 Å². The van der Waals surface area contributed by atoms with Gasteiger partial charge in [-0.15, -0.1) is 0 Å². The van der Waals surface area contributed by atoms with Crippen LogP contribution >= 0.6 is 31.9 Å². The van der Waals surface area contributed by atoms with E-state index in [0.29, 0.717) is 9.08 Å². The number of carboxylic acid groups (broad SMARTS) is 1. The number of rotatable bonds is 2. The lowest BCUT2D eigenvalue weighted by Crippen LogP contribution is -2.28. The van der Waals surface area contributed by atoms with E-state index in [2.05, 4.69) is 42.2 Å². The van der Waals surface area contributed by atoms with E-state index in [-0.39, 0.29) is 11.4 Å². The number of hydrogen-bond acceptors (Lipinski definition) is 4. The zero-order valence-electron chi connectivity index (χ0n) is 10.5. The Bertz CT molecular complexity index is 526. The molecule has 0 aliphatic carbocycles. The zero-order valence-corrected chi connectivity index (χ0v) is 13.6. The molecule has 2 N–H and O–H groups in total. The van der Waals surface area contributed by atoms with Gasteiger partial charge in [0.05, 0.1) is 5.69 Å². The Balaban J connectivity index is 3.07. The quantitative estimate of drug-likeness (QED) is 0.746. The van der Waals surface area contributed by atoms with E-state index in [1.807, 2.05) is 0 Å². The van der Waals surface area contributed by atoms with Crippen LogP contribution in [0, 0.1) is 0 Å². The molecule has 1 rings (SSSR count). The van der Waals surface area contributed by atoms with Crippen molar-refractivity contribution in [3.8, 4) is 0 Å². The number of carbonyl (C=O) groups excluding carboxylic acids is 1. The highest BCUT2D eigenvalue weighted by molar-refractivity contribution is 9.11. The fourth-order valence-corrected chi connectivity index (χ4v) is 2.38. The third-order valence-electron chi connectivity index (χ3n) is 1.77. The second-order valence-electron chi connectivity index (χ2n) is 4.58. The SMILES string of the molecule is CC(C)(C)OC(=O)Nc1c(Br)cc(Br)nc1C(=O)O. The summed E-state index contributed by atoms with van der Waals surface area (Å²) in [6.07, 6.45) is -0.750. The zero-order chi connectivity index (χ0) is 14.8. The lowest BCUT2D eigenvalue weighted by molar-refractivity contribution is 0.0635. The molecule has 0 unspecified atom stereocenters. The first-order valence-corrected chi connectivity index (χ1v) is 6.78. The van der Waals surface area contributed by atoms with Gasteiger partial charge in [-0.05, 0) is 58.7 Å². The number of halogens is 2. The molecule has 8 heteroatoms. The van der Waals surface area contributed by atoms with Crippen molar-refractivity contribution in [3.05, 3.63) is 20.8 Å². The maximum absolute atomic E-state index is 11.7. The van der Waals surface area contributed by atoms with Gasteiger partial charge in [0.2, 0.25) is 0 Å². The van der Waals surface area contributed by atoms with Crippen LogP contribution < -0.4 is 5.32 Å². The minimum absolute atomic E-state index is 0.0463. The summed E-state index contributed by atoms with van der Waals surface area (Å²) in [5.74, 6) is -1.26. The average molecular weight is 396 g/mol. The average Bonchev–Trinajstić information content (AvgIpc) is 2.18. The molecule has 0 saturated heterocycles. The van der Waals surface area contributed by atoms with E-state index in [1.165, 1.54) is 6.07 Å². The van der Waals surface area contributed by atoms with Gasteiger partial charge >= 0.3 is 12.1 Å². The second-order valence-corrected chi connectivity index (χ2v) is 6.25. The molecule has 1 heterocycles. The first-order chi connectivity index (χ1) is 8.60. The number of nitrogens with zero attached hydrogens (tertiary/aromatic N) is 1. The first kappa shape index (κ1) is 15.9. The van der Waals surface area contributed by atoms with Gasteiger partial charge in [0.15, 0.2) is 5.69 Å². The van der Waals surface area contributed by atoms with Crippen molar-refractivity contribution in [2.24, 2.45) is 0 Å². The van der Waals surface area contributed by atoms with Crippen LogP contribution in [0.25, 0.3) is 0 Å². The summed E-state index contributed by atoms with van der Waals surface area (Å²) in [6, 6.07) is 1.53. The molecule has 0 saturated carbocycles. The predicted octanol–water partition coefficient (Wildman–Crippen LogP) is 3.65. The van der Waals surface area contributed by atoms with Crippen LogP contribution in [0.5, 0.6) is 0 Å². The molecule has 0 spiro atoms. The molecule has 0 bridgehead atoms. The molecule has 0 atom stereocenters. The summed E-state index contributed by atoms with van der Waals surface area (Å²) < 4.78 is 5.78. The molecular weight excluding hydrogens is 384 g/mol. The number of carboxylic acids is 1. The summed E-state index contributed by atoms with van der Waals surface area (Å²) in [5, 5.41) is 11.4. The Morgan fingerprint density at radius 2 is 1.95 bits per heavy atom. The van der Waals surface area contributed by atoms with Crippen LogP contribution in [0.3, 0.4) is 0 Å². The Kier molecular flexibility index (Phi) is 4.92. The Morgan fingerprint density at radius 3 is 2.42 bits per heavy atom. The van der Waals surface area contributed by atoms with Crippen LogP contribution in [0.2, 0.25) is 0 Å². The summed E-state index contributed by atoms with van der Waals surface area (Å²) in [5.41, 5.74) is -0.917. The van der Waals surface area contributed by atoms with Crippen molar-refractivity contribution in [1.29, 1.82) is 0 Å². The number of aromatic carboxylic acids is 1. The molecule has 1 aromatic heterocycles. The normalized spacial score (nSPS) is 11.0. The number of hydrogen-bond donors (Lipinski definition) is 2. The van der Waals surface area contributed by atoms with Crippen molar-refractivity contribution >= 4 is 49.6 Å². The van der Waals surface area contributed by atoms with Gasteiger partial charge in [-0.25, -0.2) is 14.6 Å². The molecule has 0 radical (unpaired) electrons. The lowest BCUT2D eigenvalue weighted by atomic mass is 10.2. The maximum atomic E-state index is 11.7. The number of nitrogens with one attached hydrogen (secondary N) is 1. The number of pyridine rings is 1. The lowest BCUT2D eigenvalue weighted by Gasteiger charge is -2.20. The highest BCUT2D eigenvalue weighted by Crippen LogP contribution is 2.29. The molecule has 6 nitrogen and oxygen atoms in total. The number of amides is 1. The van der Waals surface area contributed by atoms with Gasteiger partial charge in [0, 0.05) is 4.47 Å². The van der Waals surface area contributed by atoms with E-state index in [1.54, 1.807) is 20.8 Å². The van der Waals surface area contributed by atoms with Crippen molar-refractivity contribution < 1.29 is 19.4 Å². The van der Waals surface area contributed by atoms with Gasteiger partial charge in [-0.1, -0.05) is 0 Å². The van der Waals surface area contributed by atoms with Crippen LogP contribution in [-0.2, 0) is 4.74 Å². The number of aromatic nitrogens is 1. The van der Waals surface area contributed by atoms with E-state index in [4.69, 9.17) is 9.84 Å². The fraction of sp³-hybridized carbons (Fsp3) is 0.364. The Labute approximate surface area is 126 Å². The second kappa shape index (κ2) is 5.87. The third-order valence-corrected chi connectivity index (χ3v) is 2.80. The highest BCUT2D eigenvalue weighted by atomic mass is 79.9. The van der Waals surface area contributed by atoms with Crippen molar-refractivity contribution in [2.45, 2.75) is 26.4 Å². The van der Waals surface area contributed by atoms with E-state index in [0.717, 1.165) is 0 Å². The molecule has 0 fully saturated rings. The molecule has 1 amide bonds. The molecule has 0 aliphatic rings. The molecular formula is C11H12Br2N2O4. The monoisotopic (exact) mass is 394 g/mol. The molecule has 0 aliphatic heterocycles. The highest BCUT2D eigenvalue weighted by Gasteiger charge is 2.22. The molecule has 104 valence electrons. The van der Waals surface area contributed by atoms with E-state index < -0.39 is 17.7 Å².